The summed E-state index contributed by atoms with van der Waals surface area (Å²) in [5.74, 6) is 0.239. The monoisotopic (exact) mass is 237 g/mol. The molecule has 2 heteroatoms. The van der Waals surface area contributed by atoms with Crippen LogP contribution in [0.5, 0.6) is 0 Å². The number of fused-ring (bicyclic) bond motifs is 1. The molecule has 1 aliphatic rings. The highest BCUT2D eigenvalue weighted by molar-refractivity contribution is 6.04. The summed E-state index contributed by atoms with van der Waals surface area (Å²) in [7, 11) is 0. The Morgan fingerprint density at radius 2 is 1.89 bits per heavy atom. The number of nitrogens with zero attached hydrogens (tertiary/aromatic N) is 1. The molecule has 0 fully saturated rings. The zero-order valence-electron chi connectivity index (χ0n) is 10.4. The fourth-order valence-corrected chi connectivity index (χ4v) is 2.62. The minimum Gasteiger partial charge on any atom is -0.294 e. The number of benzene rings is 1. The first kappa shape index (κ1) is 11.1. The van der Waals surface area contributed by atoms with E-state index in [0.29, 0.717) is 6.42 Å². The van der Waals surface area contributed by atoms with E-state index in [-0.39, 0.29) is 5.78 Å². The molecule has 0 saturated carbocycles. The van der Waals surface area contributed by atoms with Crippen LogP contribution in [0.4, 0.5) is 0 Å². The third-order valence-corrected chi connectivity index (χ3v) is 3.40. The Kier molecular flexibility index (Phi) is 2.71. The van der Waals surface area contributed by atoms with E-state index >= 15 is 0 Å². The van der Waals surface area contributed by atoms with Gasteiger partial charge in [0.15, 0.2) is 5.78 Å². The van der Waals surface area contributed by atoms with Crippen molar-refractivity contribution in [1.82, 2.24) is 4.98 Å². The van der Waals surface area contributed by atoms with Crippen LogP contribution in [-0.2, 0) is 6.42 Å². The molecular weight excluding hydrogens is 222 g/mol. The molecule has 0 atom stereocenters. The highest BCUT2D eigenvalue weighted by Gasteiger charge is 2.22. The van der Waals surface area contributed by atoms with E-state index in [2.05, 4.69) is 17.1 Å². The number of hydrogen-bond donors (Lipinski definition) is 0. The lowest BCUT2D eigenvalue weighted by Crippen LogP contribution is -2.14. The standard InChI is InChI=1S/C16H15NO/c1-11-10-13(12-6-3-2-4-7-12)16-14(17-11)8-5-9-15(16)18/h2-4,6-7,10H,5,8-9H2,1H3. The SMILES string of the molecule is Cc1cc(-c2ccccc2)c2c(n1)CCCC2=O. The molecule has 2 aromatic rings. The van der Waals surface area contributed by atoms with Crippen LogP contribution in [0.15, 0.2) is 36.4 Å². The maximum Gasteiger partial charge on any atom is 0.165 e. The Bertz CT molecular complexity index is 602. The van der Waals surface area contributed by atoms with Crippen LogP contribution < -0.4 is 0 Å². The summed E-state index contributed by atoms with van der Waals surface area (Å²) in [6.45, 7) is 1.99. The zero-order valence-corrected chi connectivity index (χ0v) is 10.4. The van der Waals surface area contributed by atoms with E-state index in [4.69, 9.17) is 0 Å². The summed E-state index contributed by atoms with van der Waals surface area (Å²) in [6, 6.07) is 12.1. The van der Waals surface area contributed by atoms with Gasteiger partial charge in [-0.15, -0.1) is 0 Å². The molecule has 0 spiro atoms. The van der Waals surface area contributed by atoms with Crippen LogP contribution in [0.25, 0.3) is 11.1 Å². The first-order valence-electron chi connectivity index (χ1n) is 6.35. The van der Waals surface area contributed by atoms with Crippen LogP contribution in [0.2, 0.25) is 0 Å². The Labute approximate surface area is 107 Å². The Morgan fingerprint density at radius 1 is 1.11 bits per heavy atom. The second-order valence-corrected chi connectivity index (χ2v) is 4.78. The van der Waals surface area contributed by atoms with Crippen LogP contribution in [-0.4, -0.2) is 10.8 Å². The molecule has 0 radical (unpaired) electrons. The Hall–Kier alpha value is -1.96. The normalized spacial score (nSPS) is 14.4. The quantitative estimate of drug-likeness (QED) is 0.758. The number of carbonyl (C=O) groups excluding carboxylic acids is 1. The van der Waals surface area contributed by atoms with E-state index < -0.39 is 0 Å². The van der Waals surface area contributed by atoms with Gasteiger partial charge in [-0.05, 0) is 37.0 Å². The van der Waals surface area contributed by atoms with Gasteiger partial charge < -0.3 is 0 Å². The predicted molar refractivity (Wildman–Crippen MR) is 71.7 cm³/mol. The number of aromatic nitrogens is 1. The van der Waals surface area contributed by atoms with E-state index in [0.717, 1.165) is 40.9 Å². The van der Waals surface area contributed by atoms with E-state index in [1.165, 1.54) is 0 Å². The molecule has 0 unspecified atom stereocenters. The molecule has 0 aliphatic heterocycles. The number of hydrogen-bond acceptors (Lipinski definition) is 2. The Morgan fingerprint density at radius 3 is 2.67 bits per heavy atom. The zero-order chi connectivity index (χ0) is 12.5. The average molecular weight is 237 g/mol. The van der Waals surface area contributed by atoms with Crippen molar-refractivity contribution in [3.63, 3.8) is 0 Å². The number of rotatable bonds is 1. The molecule has 1 aliphatic carbocycles. The highest BCUT2D eigenvalue weighted by Crippen LogP contribution is 2.31. The second-order valence-electron chi connectivity index (χ2n) is 4.78. The van der Waals surface area contributed by atoms with E-state index in [1.54, 1.807) is 0 Å². The smallest absolute Gasteiger partial charge is 0.165 e. The van der Waals surface area contributed by atoms with Crippen LogP contribution in [0, 0.1) is 6.92 Å². The number of Topliss-reactive ketones (excluding diaryl/α,β-unsaturated/α-hetero) is 1. The number of ketones is 1. The second kappa shape index (κ2) is 4.37. The van der Waals surface area contributed by atoms with Gasteiger partial charge in [-0.1, -0.05) is 30.3 Å². The largest absolute Gasteiger partial charge is 0.294 e. The molecule has 90 valence electrons. The number of aryl methyl sites for hydroxylation is 2. The summed E-state index contributed by atoms with van der Waals surface area (Å²) >= 11 is 0. The van der Waals surface area contributed by atoms with Crippen molar-refractivity contribution >= 4 is 5.78 Å². The van der Waals surface area contributed by atoms with Crippen LogP contribution in [0.3, 0.4) is 0 Å². The molecule has 1 aromatic heterocycles. The molecule has 1 aromatic carbocycles. The average Bonchev–Trinajstić information content (AvgIpc) is 2.39. The van der Waals surface area contributed by atoms with Gasteiger partial charge >= 0.3 is 0 Å². The van der Waals surface area contributed by atoms with Crippen molar-refractivity contribution in [3.05, 3.63) is 53.3 Å². The third-order valence-electron chi connectivity index (χ3n) is 3.40. The summed E-state index contributed by atoms with van der Waals surface area (Å²) < 4.78 is 0. The van der Waals surface area contributed by atoms with Gasteiger partial charge in [-0.3, -0.25) is 9.78 Å². The molecule has 0 amide bonds. The molecule has 0 saturated heterocycles. The summed E-state index contributed by atoms with van der Waals surface area (Å²) in [5.41, 5.74) is 4.96. The van der Waals surface area contributed by atoms with Gasteiger partial charge in [-0.25, -0.2) is 0 Å². The van der Waals surface area contributed by atoms with Gasteiger partial charge in [0.25, 0.3) is 0 Å². The molecule has 3 rings (SSSR count). The number of pyridine rings is 1. The topological polar surface area (TPSA) is 30.0 Å². The molecule has 1 heterocycles. The van der Waals surface area contributed by atoms with Crippen molar-refractivity contribution in [2.75, 3.05) is 0 Å². The fraction of sp³-hybridized carbons (Fsp3) is 0.250. The lowest BCUT2D eigenvalue weighted by atomic mass is 9.88. The lowest BCUT2D eigenvalue weighted by molar-refractivity contribution is 0.0972. The maximum atomic E-state index is 12.2. The Balaban J connectivity index is 2.26. The molecular formula is C16H15NO. The lowest BCUT2D eigenvalue weighted by Gasteiger charge is -2.18. The predicted octanol–water partition coefficient (Wildman–Crippen LogP) is 3.58. The minimum atomic E-state index is 0.239. The van der Waals surface area contributed by atoms with Gasteiger partial charge in [-0.2, -0.15) is 0 Å². The third kappa shape index (κ3) is 1.84. The van der Waals surface area contributed by atoms with Gasteiger partial charge in [0.1, 0.15) is 0 Å². The van der Waals surface area contributed by atoms with Crippen LogP contribution >= 0.6 is 0 Å². The van der Waals surface area contributed by atoms with Gasteiger partial charge in [0.2, 0.25) is 0 Å². The van der Waals surface area contributed by atoms with E-state index in [9.17, 15) is 4.79 Å². The first-order valence-corrected chi connectivity index (χ1v) is 6.35. The summed E-state index contributed by atoms with van der Waals surface area (Å²) in [5, 5.41) is 0. The summed E-state index contributed by atoms with van der Waals surface area (Å²) in [6.07, 6.45) is 2.50. The minimum absolute atomic E-state index is 0.239. The van der Waals surface area contributed by atoms with Crippen molar-refractivity contribution in [1.29, 1.82) is 0 Å². The molecule has 0 N–H and O–H groups in total. The molecule has 0 bridgehead atoms. The first-order chi connectivity index (χ1) is 8.75. The van der Waals surface area contributed by atoms with Crippen molar-refractivity contribution < 1.29 is 4.79 Å². The van der Waals surface area contributed by atoms with Crippen molar-refractivity contribution in [2.24, 2.45) is 0 Å². The maximum absolute atomic E-state index is 12.2. The fourth-order valence-electron chi connectivity index (χ4n) is 2.62. The van der Waals surface area contributed by atoms with Crippen molar-refractivity contribution in [2.45, 2.75) is 26.2 Å². The summed E-state index contributed by atoms with van der Waals surface area (Å²) in [4.78, 5) is 16.7. The molecule has 18 heavy (non-hydrogen) atoms. The van der Waals surface area contributed by atoms with Crippen LogP contribution in [0.1, 0.15) is 34.6 Å². The van der Waals surface area contributed by atoms with Gasteiger partial charge in [0, 0.05) is 17.7 Å². The number of carbonyl (C=O) groups is 1. The van der Waals surface area contributed by atoms with Crippen molar-refractivity contribution in [3.8, 4) is 11.1 Å². The van der Waals surface area contributed by atoms with E-state index in [1.807, 2.05) is 31.2 Å². The van der Waals surface area contributed by atoms with Gasteiger partial charge in [0.05, 0.1) is 5.69 Å². The molecule has 2 nitrogen and oxygen atoms in total. The highest BCUT2D eigenvalue weighted by atomic mass is 16.1.